The highest BCUT2D eigenvalue weighted by molar-refractivity contribution is 6.03. The van der Waals surface area contributed by atoms with E-state index in [0.29, 0.717) is 0 Å². The second-order valence-corrected chi connectivity index (χ2v) is 5.77. The number of hydrogen-bond acceptors (Lipinski definition) is 5. The zero-order chi connectivity index (χ0) is 16.3. The van der Waals surface area contributed by atoms with Crippen molar-refractivity contribution in [1.82, 2.24) is 20.0 Å². The number of fused-ring (bicyclic) bond motifs is 1. The minimum atomic E-state index is -0.418. The quantitative estimate of drug-likeness (QED) is 0.745. The normalized spacial score (nSPS) is 24.3. The first-order chi connectivity index (χ1) is 10.5. The van der Waals surface area contributed by atoms with Gasteiger partial charge in [0.25, 0.3) is 5.91 Å². The molecular formula is C15H27N5O2. The van der Waals surface area contributed by atoms with Crippen LogP contribution < -0.4 is 5.32 Å². The summed E-state index contributed by atoms with van der Waals surface area (Å²) >= 11 is 0. The minimum absolute atomic E-state index is 0.240. The number of aliphatic imine (C=N–C) groups is 1. The van der Waals surface area contributed by atoms with E-state index in [4.69, 9.17) is 4.99 Å². The van der Waals surface area contributed by atoms with E-state index >= 15 is 0 Å². The lowest BCUT2D eigenvalue weighted by Crippen LogP contribution is -2.64. The van der Waals surface area contributed by atoms with Crippen molar-refractivity contribution >= 4 is 17.9 Å². The number of guanidine groups is 1. The zero-order valence-electron chi connectivity index (χ0n) is 14.0. The number of carbonyl (C=O) groups excluding carboxylic acids is 2. The Balaban J connectivity index is 2.27. The fraction of sp³-hybridized carbons (Fsp3) is 0.800. The van der Waals surface area contributed by atoms with Crippen LogP contribution in [0, 0.1) is 0 Å². The van der Waals surface area contributed by atoms with E-state index in [9.17, 15) is 9.59 Å². The van der Waals surface area contributed by atoms with Crippen LogP contribution in [-0.4, -0.2) is 71.5 Å². The summed E-state index contributed by atoms with van der Waals surface area (Å²) in [5.74, 6) is 0.600. The molecule has 2 aliphatic rings. The summed E-state index contributed by atoms with van der Waals surface area (Å²) in [4.78, 5) is 34.6. The first-order valence-electron chi connectivity index (χ1n) is 8.22. The molecule has 0 aromatic rings. The highest BCUT2D eigenvalue weighted by Gasteiger charge is 2.49. The van der Waals surface area contributed by atoms with E-state index in [1.54, 1.807) is 7.05 Å². The largest absolute Gasteiger partial charge is 0.343 e. The number of likely N-dealkylation sites (N-methyl/N-ethyl adjacent to an activating group) is 1. The molecule has 1 saturated heterocycles. The summed E-state index contributed by atoms with van der Waals surface area (Å²) in [5, 5.41) is 2.43. The lowest BCUT2D eigenvalue weighted by Gasteiger charge is -2.37. The third-order valence-electron chi connectivity index (χ3n) is 4.39. The van der Waals surface area contributed by atoms with Crippen LogP contribution in [0.4, 0.5) is 4.79 Å². The van der Waals surface area contributed by atoms with Crippen molar-refractivity contribution in [1.29, 1.82) is 0 Å². The third kappa shape index (κ3) is 2.89. The summed E-state index contributed by atoms with van der Waals surface area (Å²) in [6, 6.07) is -0.778. The molecule has 2 aliphatic heterocycles. The van der Waals surface area contributed by atoms with Gasteiger partial charge < -0.3 is 14.7 Å². The monoisotopic (exact) mass is 309 g/mol. The van der Waals surface area contributed by atoms with E-state index in [2.05, 4.69) is 35.9 Å². The molecular weight excluding hydrogens is 282 g/mol. The molecule has 22 heavy (non-hydrogen) atoms. The molecule has 1 fully saturated rings. The van der Waals surface area contributed by atoms with Crippen molar-refractivity contribution < 1.29 is 9.59 Å². The number of nitrogens with zero attached hydrogens (tertiary/aromatic N) is 4. The summed E-state index contributed by atoms with van der Waals surface area (Å²) < 4.78 is 0. The standard InChI is InChI=1S/C15H27N5O2/c1-5-8-9-10-20-11-12(16-14(20)19(6-2)7-3)18(4)15(22)17-13(11)21/h11-12H,5-10H2,1-4H3,(H,17,21,22). The van der Waals surface area contributed by atoms with E-state index in [0.717, 1.165) is 44.9 Å². The van der Waals surface area contributed by atoms with Crippen molar-refractivity contribution in [2.24, 2.45) is 4.99 Å². The molecule has 2 rings (SSSR count). The molecule has 0 aliphatic carbocycles. The summed E-state index contributed by atoms with van der Waals surface area (Å²) in [6.07, 6.45) is 2.85. The number of urea groups is 1. The highest BCUT2D eigenvalue weighted by Crippen LogP contribution is 2.25. The molecule has 0 radical (unpaired) electrons. The van der Waals surface area contributed by atoms with Gasteiger partial charge in [0.05, 0.1) is 0 Å². The van der Waals surface area contributed by atoms with Gasteiger partial charge in [-0.3, -0.25) is 10.1 Å². The first-order valence-corrected chi connectivity index (χ1v) is 8.22. The molecule has 0 aromatic carbocycles. The van der Waals surface area contributed by atoms with Gasteiger partial charge in [0.2, 0.25) is 0 Å². The van der Waals surface area contributed by atoms with Gasteiger partial charge in [-0.25, -0.2) is 9.79 Å². The van der Waals surface area contributed by atoms with Crippen LogP contribution in [0.25, 0.3) is 0 Å². The molecule has 0 spiro atoms. The fourth-order valence-corrected chi connectivity index (χ4v) is 3.05. The molecule has 124 valence electrons. The van der Waals surface area contributed by atoms with Crippen molar-refractivity contribution in [3.05, 3.63) is 0 Å². The van der Waals surface area contributed by atoms with E-state index in [1.165, 1.54) is 4.90 Å². The van der Waals surface area contributed by atoms with Crippen molar-refractivity contribution in [3.63, 3.8) is 0 Å². The van der Waals surface area contributed by atoms with Crippen LogP contribution >= 0.6 is 0 Å². The average molecular weight is 309 g/mol. The summed E-state index contributed by atoms with van der Waals surface area (Å²) in [6.45, 7) is 8.77. The van der Waals surface area contributed by atoms with Crippen LogP contribution in [0.5, 0.6) is 0 Å². The predicted molar refractivity (Wildman–Crippen MR) is 85.5 cm³/mol. The van der Waals surface area contributed by atoms with Crippen LogP contribution in [0.15, 0.2) is 4.99 Å². The Morgan fingerprint density at radius 3 is 2.45 bits per heavy atom. The molecule has 2 heterocycles. The lowest BCUT2D eigenvalue weighted by molar-refractivity contribution is -0.127. The van der Waals surface area contributed by atoms with Gasteiger partial charge in [0, 0.05) is 26.7 Å². The summed E-state index contributed by atoms with van der Waals surface area (Å²) in [7, 11) is 1.69. The molecule has 1 N–H and O–H groups in total. The number of unbranched alkanes of at least 4 members (excludes halogenated alkanes) is 2. The number of amides is 3. The minimum Gasteiger partial charge on any atom is -0.343 e. The average Bonchev–Trinajstić information content (AvgIpc) is 2.87. The predicted octanol–water partition coefficient (Wildman–Crippen LogP) is 1.07. The van der Waals surface area contributed by atoms with E-state index < -0.39 is 12.2 Å². The van der Waals surface area contributed by atoms with E-state index in [1.807, 2.05) is 0 Å². The first kappa shape index (κ1) is 16.6. The maximum absolute atomic E-state index is 12.3. The second-order valence-electron chi connectivity index (χ2n) is 5.77. The van der Waals surface area contributed by atoms with Crippen LogP contribution in [-0.2, 0) is 4.79 Å². The molecule has 7 nitrogen and oxygen atoms in total. The number of rotatable bonds is 6. The van der Waals surface area contributed by atoms with Gasteiger partial charge in [0.1, 0.15) is 0 Å². The maximum atomic E-state index is 12.3. The summed E-state index contributed by atoms with van der Waals surface area (Å²) in [5.41, 5.74) is 0. The number of nitrogens with one attached hydrogen (secondary N) is 1. The molecule has 2 unspecified atom stereocenters. The van der Waals surface area contributed by atoms with Gasteiger partial charge in [0.15, 0.2) is 18.2 Å². The smallest absolute Gasteiger partial charge is 0.325 e. The number of carbonyl (C=O) groups is 2. The van der Waals surface area contributed by atoms with Gasteiger partial charge in [-0.2, -0.15) is 0 Å². The third-order valence-corrected chi connectivity index (χ3v) is 4.39. The van der Waals surface area contributed by atoms with E-state index in [-0.39, 0.29) is 11.9 Å². The highest BCUT2D eigenvalue weighted by atomic mass is 16.2. The number of hydrogen-bond donors (Lipinski definition) is 1. The van der Waals surface area contributed by atoms with Crippen molar-refractivity contribution in [3.8, 4) is 0 Å². The van der Waals surface area contributed by atoms with Gasteiger partial charge >= 0.3 is 6.03 Å². The fourth-order valence-electron chi connectivity index (χ4n) is 3.05. The lowest BCUT2D eigenvalue weighted by atomic mass is 10.1. The van der Waals surface area contributed by atoms with Crippen LogP contribution in [0.1, 0.15) is 40.0 Å². The topological polar surface area (TPSA) is 68.2 Å². The Hall–Kier alpha value is -1.79. The zero-order valence-corrected chi connectivity index (χ0v) is 14.0. The maximum Gasteiger partial charge on any atom is 0.325 e. The molecule has 0 aromatic heterocycles. The Labute approximate surface area is 132 Å². The molecule has 3 amide bonds. The molecule has 2 atom stereocenters. The van der Waals surface area contributed by atoms with Crippen molar-refractivity contribution in [2.45, 2.75) is 52.2 Å². The van der Waals surface area contributed by atoms with Gasteiger partial charge in [-0.1, -0.05) is 19.8 Å². The Morgan fingerprint density at radius 2 is 1.86 bits per heavy atom. The van der Waals surface area contributed by atoms with Gasteiger partial charge in [-0.15, -0.1) is 0 Å². The van der Waals surface area contributed by atoms with Crippen LogP contribution in [0.2, 0.25) is 0 Å². The second kappa shape index (κ2) is 6.98. The SMILES string of the molecule is CCCCCN1C(N(CC)CC)=NC2C1C(=O)NC(=O)N2C. The van der Waals surface area contributed by atoms with Gasteiger partial charge in [-0.05, 0) is 20.3 Å². The van der Waals surface area contributed by atoms with Crippen LogP contribution in [0.3, 0.4) is 0 Å². The Kier molecular flexibility index (Phi) is 5.26. The molecule has 0 bridgehead atoms. The number of imide groups is 1. The Morgan fingerprint density at radius 1 is 1.18 bits per heavy atom. The van der Waals surface area contributed by atoms with Crippen molar-refractivity contribution in [2.75, 3.05) is 26.7 Å². The molecule has 7 heteroatoms. The molecule has 0 saturated carbocycles. The Bertz CT molecular complexity index is 461.